The Bertz CT molecular complexity index is 1730. The number of anilines is 1. The summed E-state index contributed by atoms with van der Waals surface area (Å²) < 4.78 is 28.2. The number of amides is 1. The number of carbonyl (C=O) groups excluding carboxylic acids is 1. The second-order valence-electron chi connectivity index (χ2n) is 9.85. The molecule has 1 aliphatic heterocycles. The van der Waals surface area contributed by atoms with Gasteiger partial charge < -0.3 is 15.3 Å². The number of fused-ring (bicyclic) bond motifs is 1. The average molecular weight is 529 g/mol. The summed E-state index contributed by atoms with van der Waals surface area (Å²) in [5, 5.41) is 7.94. The van der Waals surface area contributed by atoms with Crippen LogP contribution in [0, 0.1) is 11.6 Å². The van der Waals surface area contributed by atoms with Crippen LogP contribution in [-0.4, -0.2) is 43.6 Å². The third-order valence-electron chi connectivity index (χ3n) is 6.97. The first-order chi connectivity index (χ1) is 18.9. The monoisotopic (exact) mass is 528 g/mol. The lowest BCUT2D eigenvalue weighted by molar-refractivity contribution is 0.102. The van der Waals surface area contributed by atoms with Crippen molar-refractivity contribution in [3.05, 3.63) is 106 Å². The number of aromatic nitrogens is 4. The Morgan fingerprint density at radius 3 is 2.59 bits per heavy atom. The lowest BCUT2D eigenvalue weighted by atomic mass is 10.1. The molecule has 0 saturated carbocycles. The van der Waals surface area contributed by atoms with Gasteiger partial charge >= 0.3 is 0 Å². The van der Waals surface area contributed by atoms with E-state index >= 15 is 0 Å². The molecule has 1 amide bonds. The Hall–Kier alpha value is -4.57. The number of hydrogen-bond donors (Lipinski definition) is 3. The van der Waals surface area contributed by atoms with E-state index in [1.807, 2.05) is 12.1 Å². The molecule has 4 heterocycles. The van der Waals surface area contributed by atoms with Gasteiger partial charge in [-0.2, -0.15) is 5.10 Å². The molecule has 0 aliphatic carbocycles. The second-order valence-corrected chi connectivity index (χ2v) is 9.85. The normalized spacial score (nSPS) is 13.8. The van der Waals surface area contributed by atoms with Crippen LogP contribution in [0.25, 0.3) is 22.2 Å². The van der Waals surface area contributed by atoms with E-state index in [2.05, 4.69) is 37.4 Å². The van der Waals surface area contributed by atoms with Gasteiger partial charge in [-0.1, -0.05) is 12.1 Å². The summed E-state index contributed by atoms with van der Waals surface area (Å²) in [6.45, 7) is 3.35. The van der Waals surface area contributed by atoms with Gasteiger partial charge in [-0.15, -0.1) is 0 Å². The van der Waals surface area contributed by atoms with Crippen LogP contribution >= 0.6 is 0 Å². The van der Waals surface area contributed by atoms with Crippen molar-refractivity contribution >= 4 is 22.5 Å². The lowest BCUT2D eigenvalue weighted by Gasteiger charge is -2.14. The minimum Gasteiger partial charge on any atom is -0.354 e. The molecule has 6 rings (SSSR count). The highest BCUT2D eigenvalue weighted by molar-refractivity contribution is 6.04. The van der Waals surface area contributed by atoms with Crippen LogP contribution in [0.2, 0.25) is 0 Å². The summed E-state index contributed by atoms with van der Waals surface area (Å²) in [6, 6.07) is 13.4. The molecule has 5 aromatic rings. The minimum atomic E-state index is -0.931. The maximum Gasteiger partial charge on any atom is 0.257 e. The Morgan fingerprint density at radius 2 is 1.77 bits per heavy atom. The Labute approximate surface area is 222 Å². The largest absolute Gasteiger partial charge is 0.354 e. The predicted octanol–water partition coefficient (Wildman–Crippen LogP) is 4.89. The van der Waals surface area contributed by atoms with Crippen molar-refractivity contribution in [2.24, 2.45) is 0 Å². The number of likely N-dealkylation sites (tertiary alicyclic amines) is 1. The maximum atomic E-state index is 13.5. The van der Waals surface area contributed by atoms with Crippen molar-refractivity contribution < 1.29 is 13.6 Å². The average Bonchev–Trinajstić information content (AvgIpc) is 3.68. The highest BCUT2D eigenvalue weighted by atomic mass is 19.2. The van der Waals surface area contributed by atoms with Gasteiger partial charge in [0.05, 0.1) is 35.2 Å². The summed E-state index contributed by atoms with van der Waals surface area (Å²) in [5.74, 6) is -2.27. The molecule has 0 atom stereocenters. The van der Waals surface area contributed by atoms with E-state index in [0.29, 0.717) is 22.5 Å². The fraction of sp³-hybridized carbons (Fsp3) is 0.207. The fourth-order valence-electron chi connectivity index (χ4n) is 4.98. The highest BCUT2D eigenvalue weighted by Crippen LogP contribution is 2.25. The molecule has 8 nitrogen and oxygen atoms in total. The van der Waals surface area contributed by atoms with Crippen LogP contribution in [0.1, 0.15) is 34.3 Å². The van der Waals surface area contributed by atoms with Crippen LogP contribution in [0.15, 0.2) is 71.9 Å². The van der Waals surface area contributed by atoms with Gasteiger partial charge in [0.25, 0.3) is 11.5 Å². The Balaban J connectivity index is 1.18. The van der Waals surface area contributed by atoms with Gasteiger partial charge in [-0.25, -0.2) is 8.78 Å². The molecule has 0 spiro atoms. The quantitative estimate of drug-likeness (QED) is 0.280. The number of nitrogens with one attached hydrogen (secondary N) is 3. The van der Waals surface area contributed by atoms with Crippen LogP contribution in [-0.2, 0) is 13.1 Å². The minimum absolute atomic E-state index is 0.204. The molecule has 1 saturated heterocycles. The Kier molecular flexibility index (Phi) is 6.54. The lowest BCUT2D eigenvalue weighted by Crippen LogP contribution is -2.18. The first-order valence-electron chi connectivity index (χ1n) is 12.8. The topological polar surface area (TPSA) is 98.8 Å². The second kappa shape index (κ2) is 10.3. The number of hydrogen-bond acceptors (Lipinski definition) is 4. The van der Waals surface area contributed by atoms with E-state index in [9.17, 15) is 18.4 Å². The fourth-order valence-corrected chi connectivity index (χ4v) is 4.98. The molecule has 39 heavy (non-hydrogen) atoms. The number of benzene rings is 2. The maximum absolute atomic E-state index is 13.5. The SMILES string of the molecule is O=C(Nc1cnn(Cc2ccc(F)c(F)c2)c1)c1c[nH]c(=O)c(-c2cc3cc(CN4CCCC4)ccc3[nH]2)c1. The number of pyridine rings is 1. The van der Waals surface area contributed by atoms with Gasteiger partial charge in [-0.3, -0.25) is 19.2 Å². The number of halogens is 2. The molecule has 10 heteroatoms. The summed E-state index contributed by atoms with van der Waals surface area (Å²) in [7, 11) is 0. The summed E-state index contributed by atoms with van der Waals surface area (Å²) in [4.78, 5) is 34.0. The van der Waals surface area contributed by atoms with Crippen LogP contribution in [0.3, 0.4) is 0 Å². The van der Waals surface area contributed by atoms with Gasteiger partial charge in [-0.05, 0) is 73.5 Å². The van der Waals surface area contributed by atoms with E-state index in [1.54, 1.807) is 12.3 Å². The molecule has 2 aromatic carbocycles. The highest BCUT2D eigenvalue weighted by Gasteiger charge is 2.15. The van der Waals surface area contributed by atoms with Gasteiger partial charge in [0.1, 0.15) is 0 Å². The zero-order chi connectivity index (χ0) is 26.9. The molecule has 1 fully saturated rings. The third kappa shape index (κ3) is 5.37. The smallest absolute Gasteiger partial charge is 0.257 e. The number of H-pyrrole nitrogens is 2. The van der Waals surface area contributed by atoms with Crippen LogP contribution in [0.5, 0.6) is 0 Å². The molecular weight excluding hydrogens is 502 g/mol. The third-order valence-corrected chi connectivity index (χ3v) is 6.97. The summed E-state index contributed by atoms with van der Waals surface area (Å²) in [6.07, 6.45) is 6.89. The zero-order valence-electron chi connectivity index (χ0n) is 21.0. The van der Waals surface area contributed by atoms with Crippen molar-refractivity contribution in [3.63, 3.8) is 0 Å². The molecule has 0 radical (unpaired) electrons. The standard InChI is InChI=1S/C29H26F2N6O2/c30-24-5-3-19(10-25(24)31)16-37-17-22(14-33-37)34-28(38)21-11-23(29(39)32-13-21)27-12-20-9-18(4-6-26(20)35-27)15-36-7-1-2-8-36/h3-6,9-14,17,35H,1-2,7-8,15-16H2,(H,32,39)(H,34,38). The van der Waals surface area contributed by atoms with E-state index in [-0.39, 0.29) is 17.7 Å². The molecule has 0 unspecified atom stereocenters. The van der Waals surface area contributed by atoms with Crippen molar-refractivity contribution in [2.45, 2.75) is 25.9 Å². The zero-order valence-corrected chi connectivity index (χ0v) is 21.0. The van der Waals surface area contributed by atoms with E-state index in [1.165, 1.54) is 41.5 Å². The van der Waals surface area contributed by atoms with Crippen molar-refractivity contribution in [1.82, 2.24) is 24.6 Å². The van der Waals surface area contributed by atoms with Crippen molar-refractivity contribution in [1.29, 1.82) is 0 Å². The van der Waals surface area contributed by atoms with E-state index in [4.69, 9.17) is 0 Å². The number of aromatic amines is 2. The van der Waals surface area contributed by atoms with Crippen LogP contribution in [0.4, 0.5) is 14.5 Å². The molecular formula is C29H26F2N6O2. The first-order valence-corrected chi connectivity index (χ1v) is 12.8. The molecule has 1 aliphatic rings. The molecule has 198 valence electrons. The number of rotatable bonds is 7. The van der Waals surface area contributed by atoms with E-state index < -0.39 is 17.5 Å². The molecule has 3 N–H and O–H groups in total. The van der Waals surface area contributed by atoms with Crippen molar-refractivity contribution in [3.8, 4) is 11.3 Å². The van der Waals surface area contributed by atoms with Gasteiger partial charge in [0.2, 0.25) is 0 Å². The van der Waals surface area contributed by atoms with Crippen molar-refractivity contribution in [2.75, 3.05) is 18.4 Å². The van der Waals surface area contributed by atoms with Gasteiger partial charge in [0, 0.05) is 29.8 Å². The van der Waals surface area contributed by atoms with Gasteiger partial charge in [0.15, 0.2) is 11.6 Å². The van der Waals surface area contributed by atoms with Crippen LogP contribution < -0.4 is 10.9 Å². The number of nitrogens with zero attached hydrogens (tertiary/aromatic N) is 3. The van der Waals surface area contributed by atoms with E-state index in [0.717, 1.165) is 42.7 Å². The summed E-state index contributed by atoms with van der Waals surface area (Å²) >= 11 is 0. The summed E-state index contributed by atoms with van der Waals surface area (Å²) in [5.41, 5.74) is 4.03. The molecule has 0 bridgehead atoms. The molecule has 3 aromatic heterocycles. The predicted molar refractivity (Wildman–Crippen MR) is 145 cm³/mol. The first kappa shape index (κ1) is 24.7. The number of carbonyl (C=O) groups is 1. The Morgan fingerprint density at radius 1 is 0.974 bits per heavy atom.